The number of nitrogens with one attached hydrogen (secondary N) is 1. The van der Waals surface area contributed by atoms with Gasteiger partial charge in [-0.25, -0.2) is 0 Å². The first-order chi connectivity index (χ1) is 15.6. The number of methoxy groups -OCH3 is 2. The SMILES string of the molecule is CCOc1cccc([C@@H]2CC(c3cccc(OC)c3)=N[C@@H](c3ccccc3OC)N2)c1O. The van der Waals surface area contributed by atoms with Crippen molar-refractivity contribution < 1.29 is 19.3 Å². The van der Waals surface area contributed by atoms with Gasteiger partial charge in [0.2, 0.25) is 0 Å². The molecule has 0 aromatic heterocycles. The molecule has 0 unspecified atom stereocenters. The number of benzene rings is 3. The van der Waals surface area contributed by atoms with Gasteiger partial charge in [-0.15, -0.1) is 0 Å². The second-order valence-corrected chi connectivity index (χ2v) is 7.50. The standard InChI is InChI=1S/C26H28N2O4/c1-4-32-24-14-8-12-19(25(24)29)22-16-21(17-9-7-10-18(15-17)30-2)27-26(28-22)20-11-5-6-13-23(20)31-3/h5-15,22,26,28-29H,4,16H2,1-3H3/t22-,26+/m0/s1. The number of nitrogens with zero attached hydrogens (tertiary/aromatic N) is 1. The summed E-state index contributed by atoms with van der Waals surface area (Å²) >= 11 is 0. The number of aromatic hydroxyl groups is 1. The maximum atomic E-state index is 10.9. The Bertz CT molecular complexity index is 1110. The molecule has 6 heteroatoms. The fourth-order valence-electron chi connectivity index (χ4n) is 4.03. The van der Waals surface area contributed by atoms with Crippen LogP contribution in [0.15, 0.2) is 71.7 Å². The lowest BCUT2D eigenvalue weighted by molar-refractivity contribution is 0.313. The summed E-state index contributed by atoms with van der Waals surface area (Å²) in [4.78, 5) is 5.03. The largest absolute Gasteiger partial charge is 0.504 e. The quantitative estimate of drug-likeness (QED) is 0.548. The van der Waals surface area contributed by atoms with Crippen LogP contribution in [-0.4, -0.2) is 31.6 Å². The summed E-state index contributed by atoms with van der Waals surface area (Å²) in [6.45, 7) is 2.38. The van der Waals surface area contributed by atoms with E-state index < -0.39 is 0 Å². The van der Waals surface area contributed by atoms with Gasteiger partial charge in [0, 0.05) is 29.3 Å². The smallest absolute Gasteiger partial charge is 0.162 e. The zero-order chi connectivity index (χ0) is 22.5. The monoisotopic (exact) mass is 432 g/mol. The first-order valence-corrected chi connectivity index (χ1v) is 10.7. The van der Waals surface area contributed by atoms with E-state index in [1.807, 2.05) is 67.6 Å². The van der Waals surface area contributed by atoms with Crippen LogP contribution in [0.3, 0.4) is 0 Å². The highest BCUT2D eigenvalue weighted by Gasteiger charge is 2.30. The van der Waals surface area contributed by atoms with Crippen molar-refractivity contribution in [3.8, 4) is 23.0 Å². The molecule has 0 fully saturated rings. The maximum absolute atomic E-state index is 10.9. The van der Waals surface area contributed by atoms with Gasteiger partial charge in [-0.3, -0.25) is 10.3 Å². The summed E-state index contributed by atoms with van der Waals surface area (Å²) in [5.41, 5.74) is 3.60. The Balaban J connectivity index is 1.79. The lowest BCUT2D eigenvalue weighted by Crippen LogP contribution is -2.33. The number of phenols is 1. The third-order valence-electron chi connectivity index (χ3n) is 5.58. The average Bonchev–Trinajstić information content (AvgIpc) is 2.85. The normalized spacial score (nSPS) is 18.0. The van der Waals surface area contributed by atoms with E-state index in [0.29, 0.717) is 18.8 Å². The van der Waals surface area contributed by atoms with Crippen LogP contribution < -0.4 is 19.5 Å². The van der Waals surface area contributed by atoms with Crippen LogP contribution in [0.5, 0.6) is 23.0 Å². The number of hydrogen-bond acceptors (Lipinski definition) is 6. The molecule has 0 spiro atoms. The van der Waals surface area contributed by atoms with Crippen LogP contribution in [-0.2, 0) is 0 Å². The van der Waals surface area contributed by atoms with Crippen LogP contribution in [0, 0.1) is 0 Å². The van der Waals surface area contributed by atoms with Gasteiger partial charge in [-0.2, -0.15) is 0 Å². The molecule has 166 valence electrons. The summed E-state index contributed by atoms with van der Waals surface area (Å²) in [7, 11) is 3.31. The van der Waals surface area contributed by atoms with Crippen LogP contribution in [0.25, 0.3) is 0 Å². The van der Waals surface area contributed by atoms with E-state index in [2.05, 4.69) is 5.32 Å². The highest BCUT2D eigenvalue weighted by atomic mass is 16.5. The molecule has 6 nitrogen and oxygen atoms in total. The van der Waals surface area contributed by atoms with Gasteiger partial charge in [0.25, 0.3) is 0 Å². The summed E-state index contributed by atoms with van der Waals surface area (Å²) in [5, 5.41) is 14.5. The van der Waals surface area contributed by atoms with Gasteiger partial charge >= 0.3 is 0 Å². The van der Waals surface area contributed by atoms with Crippen molar-refractivity contribution in [2.24, 2.45) is 4.99 Å². The Kier molecular flexibility index (Phi) is 6.61. The summed E-state index contributed by atoms with van der Waals surface area (Å²) in [6, 6.07) is 21.1. The predicted molar refractivity (Wildman–Crippen MR) is 125 cm³/mol. The third-order valence-corrected chi connectivity index (χ3v) is 5.58. The topological polar surface area (TPSA) is 72.3 Å². The molecule has 2 N–H and O–H groups in total. The maximum Gasteiger partial charge on any atom is 0.162 e. The molecule has 0 saturated heterocycles. The fourth-order valence-corrected chi connectivity index (χ4v) is 4.03. The van der Waals surface area contributed by atoms with E-state index in [4.69, 9.17) is 19.2 Å². The van der Waals surface area contributed by atoms with Gasteiger partial charge < -0.3 is 19.3 Å². The zero-order valence-corrected chi connectivity index (χ0v) is 18.5. The highest BCUT2D eigenvalue weighted by Crippen LogP contribution is 2.40. The predicted octanol–water partition coefficient (Wildman–Crippen LogP) is 5.03. The molecule has 0 radical (unpaired) electrons. The second kappa shape index (κ2) is 9.75. The molecule has 0 saturated carbocycles. The summed E-state index contributed by atoms with van der Waals surface area (Å²) < 4.78 is 16.6. The number of ether oxygens (including phenoxy) is 3. The van der Waals surface area contributed by atoms with Gasteiger partial charge in [0.15, 0.2) is 11.5 Å². The number of aliphatic imine (C=N–C) groups is 1. The molecule has 2 atom stereocenters. The molecule has 1 heterocycles. The lowest BCUT2D eigenvalue weighted by atomic mass is 9.93. The second-order valence-electron chi connectivity index (χ2n) is 7.50. The van der Waals surface area contributed by atoms with Crippen LogP contribution in [0.4, 0.5) is 0 Å². The van der Waals surface area contributed by atoms with Gasteiger partial charge in [-0.05, 0) is 36.8 Å². The van der Waals surface area contributed by atoms with Crippen molar-refractivity contribution in [1.29, 1.82) is 0 Å². The van der Waals surface area contributed by atoms with E-state index in [-0.39, 0.29) is 18.0 Å². The number of rotatable bonds is 7. The molecule has 0 aliphatic carbocycles. The number of hydrogen-bond donors (Lipinski definition) is 2. The minimum atomic E-state index is -0.346. The first-order valence-electron chi connectivity index (χ1n) is 10.7. The molecular formula is C26H28N2O4. The molecule has 4 rings (SSSR count). The van der Waals surface area contributed by atoms with E-state index in [1.54, 1.807) is 20.3 Å². The Hall–Kier alpha value is -3.51. The van der Waals surface area contributed by atoms with E-state index >= 15 is 0 Å². The number of para-hydroxylation sites is 2. The summed E-state index contributed by atoms with van der Waals surface area (Å²) in [6.07, 6.45) is 0.253. The lowest BCUT2D eigenvalue weighted by Gasteiger charge is -2.31. The molecule has 0 amide bonds. The molecule has 0 bridgehead atoms. The number of phenolic OH excluding ortho intramolecular Hbond substituents is 1. The van der Waals surface area contributed by atoms with Gasteiger partial charge in [0.05, 0.1) is 20.8 Å². The Morgan fingerprint density at radius 2 is 1.69 bits per heavy atom. The minimum absolute atomic E-state index is 0.150. The Morgan fingerprint density at radius 1 is 0.938 bits per heavy atom. The zero-order valence-electron chi connectivity index (χ0n) is 18.5. The van der Waals surface area contributed by atoms with E-state index in [1.165, 1.54) is 0 Å². The van der Waals surface area contributed by atoms with Crippen molar-refractivity contribution in [1.82, 2.24) is 5.32 Å². The van der Waals surface area contributed by atoms with Crippen LogP contribution in [0.2, 0.25) is 0 Å². The van der Waals surface area contributed by atoms with Crippen molar-refractivity contribution in [2.75, 3.05) is 20.8 Å². The molecule has 32 heavy (non-hydrogen) atoms. The fraction of sp³-hybridized carbons (Fsp3) is 0.269. The van der Waals surface area contributed by atoms with Gasteiger partial charge in [-0.1, -0.05) is 42.5 Å². The van der Waals surface area contributed by atoms with Crippen LogP contribution in [0.1, 0.15) is 42.2 Å². The Labute approximate surface area is 188 Å². The molecule has 3 aromatic carbocycles. The van der Waals surface area contributed by atoms with Crippen LogP contribution >= 0.6 is 0 Å². The first kappa shape index (κ1) is 21.7. The van der Waals surface area contributed by atoms with Crippen molar-refractivity contribution >= 4 is 5.71 Å². The Morgan fingerprint density at radius 3 is 2.47 bits per heavy atom. The molecule has 1 aliphatic heterocycles. The van der Waals surface area contributed by atoms with Crippen molar-refractivity contribution in [2.45, 2.75) is 25.6 Å². The third kappa shape index (κ3) is 4.41. The van der Waals surface area contributed by atoms with E-state index in [9.17, 15) is 5.11 Å². The molecule has 3 aromatic rings. The van der Waals surface area contributed by atoms with E-state index in [0.717, 1.165) is 33.9 Å². The molecule has 1 aliphatic rings. The van der Waals surface area contributed by atoms with Crippen molar-refractivity contribution in [3.05, 3.63) is 83.4 Å². The highest BCUT2D eigenvalue weighted by molar-refractivity contribution is 6.02. The molecular weight excluding hydrogens is 404 g/mol. The average molecular weight is 433 g/mol. The minimum Gasteiger partial charge on any atom is -0.504 e. The summed E-state index contributed by atoms with van der Waals surface area (Å²) in [5.74, 6) is 2.16. The van der Waals surface area contributed by atoms with Crippen molar-refractivity contribution in [3.63, 3.8) is 0 Å². The van der Waals surface area contributed by atoms with Gasteiger partial charge in [0.1, 0.15) is 17.7 Å².